The first kappa shape index (κ1) is 15.8. The van der Waals surface area contributed by atoms with Crippen LogP contribution in [0.3, 0.4) is 0 Å². The molecule has 2 aliphatic rings. The van der Waals surface area contributed by atoms with Gasteiger partial charge in [0.05, 0.1) is 12.6 Å². The predicted octanol–water partition coefficient (Wildman–Crippen LogP) is 2.80. The Morgan fingerprint density at radius 1 is 1.30 bits per heavy atom. The minimum atomic E-state index is -0.261. The number of fused-ring (bicyclic) bond motifs is 1. The number of hydrogen-bond acceptors (Lipinski definition) is 3. The number of benzene rings is 1. The van der Waals surface area contributed by atoms with Crippen molar-refractivity contribution in [2.45, 2.75) is 44.6 Å². The number of cyclic esters (lactones) is 1. The van der Waals surface area contributed by atoms with E-state index in [0.717, 1.165) is 19.3 Å². The highest BCUT2D eigenvalue weighted by molar-refractivity contribution is 5.76. The third kappa shape index (κ3) is 4.03. The van der Waals surface area contributed by atoms with Gasteiger partial charge in [0.25, 0.3) is 0 Å². The molecule has 124 valence electrons. The maximum absolute atomic E-state index is 12.2. The SMILES string of the molecule is O=C(CCCN1CCOC1=O)N[C@H]1CCCCc2ccccc21. The molecular weight excluding hydrogens is 292 g/mol. The summed E-state index contributed by atoms with van der Waals surface area (Å²) in [6, 6.07) is 8.53. The number of nitrogens with zero attached hydrogens (tertiary/aromatic N) is 1. The molecule has 1 fully saturated rings. The van der Waals surface area contributed by atoms with E-state index < -0.39 is 0 Å². The molecule has 3 rings (SSSR count). The Hall–Kier alpha value is -2.04. The fraction of sp³-hybridized carbons (Fsp3) is 0.556. The van der Waals surface area contributed by atoms with E-state index in [-0.39, 0.29) is 18.0 Å². The molecule has 1 heterocycles. The average Bonchev–Trinajstić information content (AvgIpc) is 2.85. The average molecular weight is 316 g/mol. The van der Waals surface area contributed by atoms with Gasteiger partial charge in [0.1, 0.15) is 6.61 Å². The van der Waals surface area contributed by atoms with Crippen LogP contribution in [-0.2, 0) is 16.0 Å². The van der Waals surface area contributed by atoms with Crippen molar-refractivity contribution in [3.63, 3.8) is 0 Å². The van der Waals surface area contributed by atoms with E-state index in [2.05, 4.69) is 23.5 Å². The van der Waals surface area contributed by atoms with E-state index in [1.54, 1.807) is 4.90 Å². The summed E-state index contributed by atoms with van der Waals surface area (Å²) >= 11 is 0. The predicted molar refractivity (Wildman–Crippen MR) is 87.0 cm³/mol. The quantitative estimate of drug-likeness (QED) is 0.850. The number of rotatable bonds is 5. The Balaban J connectivity index is 1.50. The van der Waals surface area contributed by atoms with E-state index >= 15 is 0 Å². The summed E-state index contributed by atoms with van der Waals surface area (Å²) in [7, 11) is 0. The molecule has 23 heavy (non-hydrogen) atoms. The van der Waals surface area contributed by atoms with Crippen molar-refractivity contribution in [2.75, 3.05) is 19.7 Å². The Morgan fingerprint density at radius 3 is 3.00 bits per heavy atom. The van der Waals surface area contributed by atoms with Crippen molar-refractivity contribution in [1.82, 2.24) is 10.2 Å². The van der Waals surface area contributed by atoms with E-state index in [4.69, 9.17) is 4.74 Å². The van der Waals surface area contributed by atoms with Gasteiger partial charge in [0, 0.05) is 13.0 Å². The highest BCUT2D eigenvalue weighted by atomic mass is 16.6. The Bertz CT molecular complexity index is 573. The van der Waals surface area contributed by atoms with Crippen molar-refractivity contribution in [2.24, 2.45) is 0 Å². The van der Waals surface area contributed by atoms with Crippen LogP contribution in [0.2, 0.25) is 0 Å². The molecular formula is C18H24N2O3. The Labute approximate surface area is 137 Å². The second-order valence-electron chi connectivity index (χ2n) is 6.27. The van der Waals surface area contributed by atoms with Crippen LogP contribution in [0.5, 0.6) is 0 Å². The van der Waals surface area contributed by atoms with Crippen LogP contribution in [0.1, 0.15) is 49.3 Å². The van der Waals surface area contributed by atoms with Crippen LogP contribution < -0.4 is 5.32 Å². The van der Waals surface area contributed by atoms with E-state index in [1.165, 1.54) is 17.5 Å². The van der Waals surface area contributed by atoms with Crippen LogP contribution in [0.15, 0.2) is 24.3 Å². The Kier molecular flexibility index (Phi) is 5.16. The van der Waals surface area contributed by atoms with Gasteiger partial charge in [-0.05, 0) is 36.8 Å². The number of ether oxygens (including phenoxy) is 1. The van der Waals surface area contributed by atoms with E-state index in [0.29, 0.717) is 32.5 Å². The number of carbonyl (C=O) groups is 2. The molecule has 2 amide bonds. The zero-order valence-electron chi connectivity index (χ0n) is 13.4. The van der Waals surface area contributed by atoms with Crippen molar-refractivity contribution in [1.29, 1.82) is 0 Å². The topological polar surface area (TPSA) is 58.6 Å². The molecule has 1 aromatic carbocycles. The maximum Gasteiger partial charge on any atom is 0.409 e. The monoisotopic (exact) mass is 316 g/mol. The van der Waals surface area contributed by atoms with Crippen molar-refractivity contribution in [3.05, 3.63) is 35.4 Å². The minimum absolute atomic E-state index is 0.0688. The lowest BCUT2D eigenvalue weighted by Gasteiger charge is -2.20. The minimum Gasteiger partial charge on any atom is -0.448 e. The summed E-state index contributed by atoms with van der Waals surface area (Å²) in [5.74, 6) is 0.0688. The maximum atomic E-state index is 12.2. The second kappa shape index (κ2) is 7.49. The molecule has 0 spiro atoms. The van der Waals surface area contributed by atoms with Gasteiger partial charge in [-0.15, -0.1) is 0 Å². The van der Waals surface area contributed by atoms with Gasteiger partial charge in [-0.3, -0.25) is 4.79 Å². The highest BCUT2D eigenvalue weighted by Gasteiger charge is 2.22. The third-order valence-corrected chi connectivity index (χ3v) is 4.63. The zero-order chi connectivity index (χ0) is 16.1. The molecule has 1 N–H and O–H groups in total. The second-order valence-corrected chi connectivity index (χ2v) is 6.27. The fourth-order valence-electron chi connectivity index (χ4n) is 3.40. The van der Waals surface area contributed by atoms with Gasteiger partial charge < -0.3 is 15.0 Å². The van der Waals surface area contributed by atoms with Gasteiger partial charge in [0.15, 0.2) is 0 Å². The first-order valence-electron chi connectivity index (χ1n) is 8.53. The smallest absolute Gasteiger partial charge is 0.409 e. The zero-order valence-corrected chi connectivity index (χ0v) is 13.4. The summed E-state index contributed by atoms with van der Waals surface area (Å²) in [6.45, 7) is 1.69. The number of aryl methyl sites for hydroxylation is 1. The van der Waals surface area contributed by atoms with E-state index in [9.17, 15) is 9.59 Å². The molecule has 1 atom stereocenters. The molecule has 1 aliphatic carbocycles. The lowest BCUT2D eigenvalue weighted by atomic mass is 9.99. The van der Waals surface area contributed by atoms with Crippen LogP contribution in [0.4, 0.5) is 4.79 Å². The summed E-state index contributed by atoms with van der Waals surface area (Å²) in [4.78, 5) is 25.2. The molecule has 0 unspecified atom stereocenters. The van der Waals surface area contributed by atoms with Gasteiger partial charge in [-0.2, -0.15) is 0 Å². The molecule has 0 aromatic heterocycles. The highest BCUT2D eigenvalue weighted by Crippen LogP contribution is 2.28. The summed E-state index contributed by atoms with van der Waals surface area (Å²) in [5.41, 5.74) is 2.62. The first-order chi connectivity index (χ1) is 11.2. The molecule has 0 saturated carbocycles. The summed E-state index contributed by atoms with van der Waals surface area (Å²) in [6.07, 6.45) is 5.28. The lowest BCUT2D eigenvalue weighted by Crippen LogP contribution is -2.30. The van der Waals surface area contributed by atoms with Crippen molar-refractivity contribution in [3.8, 4) is 0 Å². The lowest BCUT2D eigenvalue weighted by molar-refractivity contribution is -0.122. The number of carbonyl (C=O) groups excluding carboxylic acids is 2. The van der Waals surface area contributed by atoms with Crippen LogP contribution in [0, 0.1) is 0 Å². The fourth-order valence-corrected chi connectivity index (χ4v) is 3.40. The molecule has 5 heteroatoms. The van der Waals surface area contributed by atoms with Crippen molar-refractivity contribution < 1.29 is 14.3 Å². The van der Waals surface area contributed by atoms with E-state index in [1.807, 2.05) is 6.07 Å². The number of hydrogen-bond donors (Lipinski definition) is 1. The van der Waals surface area contributed by atoms with Crippen molar-refractivity contribution >= 4 is 12.0 Å². The van der Waals surface area contributed by atoms with Crippen LogP contribution in [0.25, 0.3) is 0 Å². The van der Waals surface area contributed by atoms with Gasteiger partial charge in [0.2, 0.25) is 5.91 Å². The van der Waals surface area contributed by atoms with Gasteiger partial charge in [-0.1, -0.05) is 30.7 Å². The first-order valence-corrected chi connectivity index (χ1v) is 8.53. The standard InChI is InChI=1S/C18H24N2O3/c21-17(10-5-11-20-12-13-23-18(20)22)19-16-9-4-2-7-14-6-1-3-8-15(14)16/h1,3,6,8,16H,2,4-5,7,9-13H2,(H,19,21)/t16-/m0/s1. The number of nitrogens with one attached hydrogen (secondary N) is 1. The van der Waals surface area contributed by atoms with Gasteiger partial charge >= 0.3 is 6.09 Å². The van der Waals surface area contributed by atoms with Crippen LogP contribution in [-0.4, -0.2) is 36.6 Å². The summed E-state index contributed by atoms with van der Waals surface area (Å²) < 4.78 is 4.88. The number of amides is 2. The summed E-state index contributed by atoms with van der Waals surface area (Å²) in [5, 5.41) is 3.18. The molecule has 0 radical (unpaired) electrons. The molecule has 1 saturated heterocycles. The largest absolute Gasteiger partial charge is 0.448 e. The molecule has 1 aromatic rings. The Morgan fingerprint density at radius 2 is 2.17 bits per heavy atom. The third-order valence-electron chi connectivity index (χ3n) is 4.63. The van der Waals surface area contributed by atoms with Gasteiger partial charge in [-0.25, -0.2) is 4.79 Å². The molecule has 1 aliphatic heterocycles. The molecule has 5 nitrogen and oxygen atoms in total. The van der Waals surface area contributed by atoms with Crippen LogP contribution >= 0.6 is 0 Å². The normalized spacial score (nSPS) is 20.6. The molecule has 0 bridgehead atoms.